The van der Waals surface area contributed by atoms with E-state index in [0.717, 1.165) is 21.1 Å². The quantitative estimate of drug-likeness (QED) is 0.708. The van der Waals surface area contributed by atoms with E-state index in [1.54, 1.807) is 11.3 Å². The molecule has 0 fully saturated rings. The van der Waals surface area contributed by atoms with E-state index in [2.05, 4.69) is 10.3 Å². The summed E-state index contributed by atoms with van der Waals surface area (Å²) in [6.07, 6.45) is 0. The third kappa shape index (κ3) is 3.21. The zero-order valence-corrected chi connectivity index (χ0v) is 12.2. The molecule has 0 aliphatic carbocycles. The number of ether oxygens (including phenoxy) is 1. The van der Waals surface area contributed by atoms with Crippen LogP contribution >= 0.6 is 22.9 Å². The Morgan fingerprint density at radius 2 is 2.00 bits per heavy atom. The maximum atomic E-state index is 5.95. The molecule has 0 saturated heterocycles. The fourth-order valence-electron chi connectivity index (χ4n) is 1.82. The molecule has 3 aromatic rings. The first-order chi connectivity index (χ1) is 9.81. The van der Waals surface area contributed by atoms with Gasteiger partial charge in [-0.1, -0.05) is 41.1 Å². The van der Waals surface area contributed by atoms with Gasteiger partial charge in [0.2, 0.25) is 0 Å². The van der Waals surface area contributed by atoms with Gasteiger partial charge < -0.3 is 10.1 Å². The van der Waals surface area contributed by atoms with E-state index in [9.17, 15) is 0 Å². The lowest BCUT2D eigenvalue weighted by Gasteiger charge is -2.05. The highest BCUT2D eigenvalue weighted by molar-refractivity contribution is 7.22. The maximum Gasteiger partial charge on any atom is 0.183 e. The number of aromatic nitrogens is 1. The normalized spacial score (nSPS) is 10.7. The highest BCUT2D eigenvalue weighted by Crippen LogP contribution is 2.27. The lowest BCUT2D eigenvalue weighted by atomic mass is 10.3. The number of para-hydroxylation sites is 1. The molecule has 0 bridgehead atoms. The molecule has 102 valence electrons. The average Bonchev–Trinajstić information content (AvgIpc) is 2.86. The Labute approximate surface area is 126 Å². The number of nitrogens with one attached hydrogen (secondary N) is 1. The number of fused-ring (bicyclic) bond motifs is 1. The summed E-state index contributed by atoms with van der Waals surface area (Å²) in [6.45, 7) is 1.31. The van der Waals surface area contributed by atoms with Gasteiger partial charge in [-0.2, -0.15) is 0 Å². The smallest absolute Gasteiger partial charge is 0.183 e. The fourth-order valence-corrected chi connectivity index (χ4v) is 2.86. The zero-order chi connectivity index (χ0) is 13.8. The summed E-state index contributed by atoms with van der Waals surface area (Å²) >= 11 is 7.56. The first kappa shape index (κ1) is 13.2. The van der Waals surface area contributed by atoms with Gasteiger partial charge in [-0.15, -0.1) is 0 Å². The molecule has 20 heavy (non-hydrogen) atoms. The second-order valence-electron chi connectivity index (χ2n) is 4.22. The molecular formula is C15H13ClN2OS. The third-order valence-corrected chi connectivity index (χ3v) is 3.97. The van der Waals surface area contributed by atoms with Crippen LogP contribution in [0.25, 0.3) is 10.2 Å². The van der Waals surface area contributed by atoms with E-state index in [1.165, 1.54) is 0 Å². The van der Waals surface area contributed by atoms with Crippen molar-refractivity contribution in [2.75, 3.05) is 18.5 Å². The monoisotopic (exact) mass is 304 g/mol. The Hall–Kier alpha value is -1.78. The van der Waals surface area contributed by atoms with E-state index >= 15 is 0 Å². The molecule has 0 saturated carbocycles. The van der Waals surface area contributed by atoms with Crippen LogP contribution in [0.15, 0.2) is 48.5 Å². The molecule has 0 unspecified atom stereocenters. The van der Waals surface area contributed by atoms with E-state index in [4.69, 9.17) is 16.3 Å². The van der Waals surface area contributed by atoms with Gasteiger partial charge in [0.25, 0.3) is 0 Å². The van der Waals surface area contributed by atoms with Crippen molar-refractivity contribution in [2.45, 2.75) is 0 Å². The minimum Gasteiger partial charge on any atom is -0.492 e. The zero-order valence-electron chi connectivity index (χ0n) is 10.7. The van der Waals surface area contributed by atoms with Crippen LogP contribution in [0.1, 0.15) is 0 Å². The third-order valence-electron chi connectivity index (χ3n) is 2.74. The van der Waals surface area contributed by atoms with Crippen LogP contribution in [0.3, 0.4) is 0 Å². The van der Waals surface area contributed by atoms with Crippen molar-refractivity contribution in [1.29, 1.82) is 0 Å². The number of benzene rings is 2. The van der Waals surface area contributed by atoms with Gasteiger partial charge in [0.05, 0.1) is 16.8 Å². The van der Waals surface area contributed by atoms with Gasteiger partial charge in [0.15, 0.2) is 5.13 Å². The first-order valence-corrected chi connectivity index (χ1v) is 7.48. The molecule has 3 nitrogen and oxygen atoms in total. The van der Waals surface area contributed by atoms with Gasteiger partial charge in [0.1, 0.15) is 12.4 Å². The van der Waals surface area contributed by atoms with E-state index < -0.39 is 0 Å². The van der Waals surface area contributed by atoms with Crippen LogP contribution in [0.5, 0.6) is 5.75 Å². The number of thiazole rings is 1. The van der Waals surface area contributed by atoms with E-state index in [-0.39, 0.29) is 0 Å². The lowest BCUT2D eigenvalue weighted by Crippen LogP contribution is -2.11. The van der Waals surface area contributed by atoms with E-state index in [0.29, 0.717) is 18.2 Å². The molecule has 0 atom stereocenters. The minimum absolute atomic E-state index is 0.598. The SMILES string of the molecule is Clc1ccc2sc(NCCOc3ccccc3)nc2c1. The molecule has 2 aromatic carbocycles. The number of hydrogen-bond donors (Lipinski definition) is 1. The molecule has 0 radical (unpaired) electrons. The second kappa shape index (κ2) is 6.11. The molecule has 0 amide bonds. The number of hydrogen-bond acceptors (Lipinski definition) is 4. The molecule has 0 spiro atoms. The molecule has 1 aromatic heterocycles. The summed E-state index contributed by atoms with van der Waals surface area (Å²) in [5, 5.41) is 4.86. The molecule has 3 rings (SSSR count). The Morgan fingerprint density at radius 3 is 2.85 bits per heavy atom. The summed E-state index contributed by atoms with van der Waals surface area (Å²) in [5.41, 5.74) is 0.925. The Bertz CT molecular complexity index is 699. The molecule has 1 heterocycles. The largest absolute Gasteiger partial charge is 0.492 e. The molecular weight excluding hydrogens is 292 g/mol. The van der Waals surface area contributed by atoms with Gasteiger partial charge >= 0.3 is 0 Å². The Balaban J connectivity index is 1.55. The summed E-state index contributed by atoms with van der Waals surface area (Å²) in [5.74, 6) is 0.880. The fraction of sp³-hybridized carbons (Fsp3) is 0.133. The lowest BCUT2D eigenvalue weighted by molar-refractivity contribution is 0.333. The second-order valence-corrected chi connectivity index (χ2v) is 5.69. The van der Waals surface area contributed by atoms with Crippen LogP contribution < -0.4 is 10.1 Å². The number of nitrogens with zero attached hydrogens (tertiary/aromatic N) is 1. The van der Waals surface area contributed by atoms with Crippen LogP contribution in [0.2, 0.25) is 5.02 Å². The van der Waals surface area contributed by atoms with Gasteiger partial charge in [-0.25, -0.2) is 4.98 Å². The molecule has 0 aliphatic rings. The van der Waals surface area contributed by atoms with Crippen LogP contribution in [-0.2, 0) is 0 Å². The average molecular weight is 305 g/mol. The summed E-state index contributed by atoms with van der Waals surface area (Å²) in [6, 6.07) is 15.5. The van der Waals surface area contributed by atoms with Crippen LogP contribution in [0.4, 0.5) is 5.13 Å². The topological polar surface area (TPSA) is 34.1 Å². The van der Waals surface area contributed by atoms with Crippen molar-refractivity contribution in [3.05, 3.63) is 53.6 Å². The molecule has 5 heteroatoms. The van der Waals surface area contributed by atoms with Crippen LogP contribution in [-0.4, -0.2) is 18.1 Å². The predicted octanol–water partition coefficient (Wildman–Crippen LogP) is 4.44. The maximum absolute atomic E-state index is 5.95. The number of anilines is 1. The van der Waals surface area contributed by atoms with Crippen molar-refractivity contribution >= 4 is 38.3 Å². The van der Waals surface area contributed by atoms with Crippen molar-refractivity contribution in [2.24, 2.45) is 0 Å². The Kier molecular flexibility index (Phi) is 4.04. The highest BCUT2D eigenvalue weighted by Gasteiger charge is 2.03. The van der Waals surface area contributed by atoms with Crippen molar-refractivity contribution in [3.8, 4) is 5.75 Å². The summed E-state index contributed by atoms with van der Waals surface area (Å²) in [4.78, 5) is 4.49. The first-order valence-electron chi connectivity index (χ1n) is 6.29. The predicted molar refractivity (Wildman–Crippen MR) is 85.1 cm³/mol. The molecule has 0 aliphatic heterocycles. The van der Waals surface area contributed by atoms with Crippen LogP contribution in [0, 0.1) is 0 Å². The Morgan fingerprint density at radius 1 is 1.15 bits per heavy atom. The highest BCUT2D eigenvalue weighted by atomic mass is 35.5. The summed E-state index contributed by atoms with van der Waals surface area (Å²) in [7, 11) is 0. The van der Waals surface area contributed by atoms with Crippen molar-refractivity contribution in [1.82, 2.24) is 4.98 Å². The number of halogens is 1. The molecule has 1 N–H and O–H groups in total. The van der Waals surface area contributed by atoms with Gasteiger partial charge in [-0.05, 0) is 30.3 Å². The number of rotatable bonds is 5. The standard InChI is InChI=1S/C15H13ClN2OS/c16-11-6-7-14-13(10-11)18-15(20-14)17-8-9-19-12-4-2-1-3-5-12/h1-7,10H,8-9H2,(H,17,18). The van der Waals surface area contributed by atoms with Gasteiger partial charge in [-0.3, -0.25) is 0 Å². The summed E-state index contributed by atoms with van der Waals surface area (Å²) < 4.78 is 6.74. The van der Waals surface area contributed by atoms with Gasteiger partial charge in [0, 0.05) is 5.02 Å². The minimum atomic E-state index is 0.598. The van der Waals surface area contributed by atoms with Crippen molar-refractivity contribution < 1.29 is 4.74 Å². The van der Waals surface area contributed by atoms with Crippen molar-refractivity contribution in [3.63, 3.8) is 0 Å². The van der Waals surface area contributed by atoms with E-state index in [1.807, 2.05) is 48.5 Å².